The van der Waals surface area contributed by atoms with Crippen molar-refractivity contribution in [2.75, 3.05) is 21.3 Å². The van der Waals surface area contributed by atoms with E-state index in [1.807, 2.05) is 30.3 Å². The molecule has 0 aliphatic heterocycles. The molecule has 6 heteroatoms. The van der Waals surface area contributed by atoms with Crippen LogP contribution in [0.3, 0.4) is 0 Å². The van der Waals surface area contributed by atoms with Crippen molar-refractivity contribution in [1.82, 2.24) is 0 Å². The molecule has 0 aromatic heterocycles. The second-order valence-electron chi connectivity index (χ2n) is 7.06. The second-order valence-corrected chi connectivity index (χ2v) is 7.06. The molecule has 0 saturated heterocycles. The number of methoxy groups -OCH3 is 3. The van der Waals surface area contributed by atoms with Crippen LogP contribution >= 0.6 is 0 Å². The van der Waals surface area contributed by atoms with Gasteiger partial charge in [-0.1, -0.05) is 36.4 Å². The van der Waals surface area contributed by atoms with Crippen molar-refractivity contribution in [3.05, 3.63) is 83.4 Å². The summed E-state index contributed by atoms with van der Waals surface area (Å²) in [5.74, 6) is 1.29. The van der Waals surface area contributed by atoms with Crippen molar-refractivity contribution in [1.29, 1.82) is 5.26 Å². The van der Waals surface area contributed by atoms with E-state index in [-0.39, 0.29) is 12.2 Å². The number of nitrogens with zero attached hydrogens (tertiary/aromatic N) is 1. The predicted octanol–water partition coefficient (Wildman–Crippen LogP) is 5.17. The number of carbonyl (C=O) groups is 1. The van der Waals surface area contributed by atoms with E-state index in [2.05, 4.69) is 6.07 Å². The number of ketones is 1. The van der Waals surface area contributed by atoms with Gasteiger partial charge < -0.3 is 18.9 Å². The highest BCUT2D eigenvalue weighted by Crippen LogP contribution is 2.33. The maximum atomic E-state index is 13.0. The number of hydrogen-bond donors (Lipinski definition) is 0. The summed E-state index contributed by atoms with van der Waals surface area (Å²) < 4.78 is 21.8. The minimum atomic E-state index is -0.627. The zero-order valence-electron chi connectivity index (χ0n) is 18.3. The Morgan fingerprint density at radius 2 is 1.50 bits per heavy atom. The molecule has 1 atom stereocenters. The van der Waals surface area contributed by atoms with E-state index in [1.165, 1.54) is 7.11 Å². The molecule has 0 N–H and O–H groups in total. The Bertz CT molecular complexity index is 1100. The minimum Gasteiger partial charge on any atom is -0.493 e. The molecule has 3 rings (SSSR count). The molecule has 0 bridgehead atoms. The summed E-state index contributed by atoms with van der Waals surface area (Å²) in [6, 6.07) is 22.2. The van der Waals surface area contributed by atoms with E-state index >= 15 is 0 Å². The van der Waals surface area contributed by atoms with Gasteiger partial charge >= 0.3 is 0 Å². The molecule has 0 heterocycles. The van der Waals surface area contributed by atoms with Crippen LogP contribution in [-0.2, 0) is 6.61 Å². The molecule has 0 aliphatic carbocycles. The second kappa shape index (κ2) is 10.9. The Kier molecular flexibility index (Phi) is 7.71. The average molecular weight is 431 g/mol. The lowest BCUT2D eigenvalue weighted by molar-refractivity contribution is 0.0978. The van der Waals surface area contributed by atoms with Crippen LogP contribution in [0.15, 0.2) is 66.7 Å². The maximum absolute atomic E-state index is 13.0. The predicted molar refractivity (Wildman–Crippen MR) is 121 cm³/mol. The van der Waals surface area contributed by atoms with Crippen LogP contribution in [0.25, 0.3) is 0 Å². The van der Waals surface area contributed by atoms with Crippen LogP contribution in [0.2, 0.25) is 0 Å². The quantitative estimate of drug-likeness (QED) is 0.412. The van der Waals surface area contributed by atoms with E-state index in [1.54, 1.807) is 50.6 Å². The lowest BCUT2D eigenvalue weighted by atomic mass is 9.92. The molecule has 32 heavy (non-hydrogen) atoms. The fourth-order valence-electron chi connectivity index (χ4n) is 3.31. The topological polar surface area (TPSA) is 77.8 Å². The molecule has 3 aromatic carbocycles. The summed E-state index contributed by atoms with van der Waals surface area (Å²) in [4.78, 5) is 13.0. The van der Waals surface area contributed by atoms with Gasteiger partial charge in [0, 0.05) is 12.0 Å². The normalized spacial score (nSPS) is 11.2. The van der Waals surface area contributed by atoms with Crippen LogP contribution in [0.5, 0.6) is 23.0 Å². The smallest absolute Gasteiger partial charge is 0.164 e. The Morgan fingerprint density at radius 1 is 0.844 bits per heavy atom. The molecule has 164 valence electrons. The monoisotopic (exact) mass is 431 g/mol. The number of benzene rings is 3. The molecule has 6 nitrogen and oxygen atoms in total. The zero-order valence-corrected chi connectivity index (χ0v) is 18.3. The van der Waals surface area contributed by atoms with Gasteiger partial charge in [0.15, 0.2) is 28.8 Å². The van der Waals surface area contributed by atoms with Gasteiger partial charge in [0.1, 0.15) is 6.61 Å². The van der Waals surface area contributed by atoms with E-state index in [4.69, 9.17) is 18.9 Å². The Balaban J connectivity index is 1.78. The van der Waals surface area contributed by atoms with Crippen LogP contribution in [-0.4, -0.2) is 27.1 Å². The van der Waals surface area contributed by atoms with Crippen LogP contribution < -0.4 is 18.9 Å². The van der Waals surface area contributed by atoms with Crippen molar-refractivity contribution in [2.24, 2.45) is 0 Å². The SMILES string of the molecule is COc1ccc([C@@H](C#N)CC(=O)c2ccc(OC)c(OCc3ccccc3)c2)cc1OC. The van der Waals surface area contributed by atoms with Crippen molar-refractivity contribution >= 4 is 5.78 Å². The van der Waals surface area contributed by atoms with E-state index in [9.17, 15) is 10.1 Å². The molecule has 3 aromatic rings. The lowest BCUT2D eigenvalue weighted by Crippen LogP contribution is -2.08. The van der Waals surface area contributed by atoms with E-state index < -0.39 is 5.92 Å². The lowest BCUT2D eigenvalue weighted by Gasteiger charge is -2.14. The number of rotatable bonds is 10. The number of hydrogen-bond acceptors (Lipinski definition) is 6. The van der Waals surface area contributed by atoms with Crippen LogP contribution in [0, 0.1) is 11.3 Å². The summed E-state index contributed by atoms with van der Waals surface area (Å²) in [6.45, 7) is 0.349. The van der Waals surface area contributed by atoms with E-state index in [0.29, 0.717) is 40.7 Å². The van der Waals surface area contributed by atoms with Gasteiger partial charge in [-0.3, -0.25) is 4.79 Å². The summed E-state index contributed by atoms with van der Waals surface area (Å²) in [6.07, 6.45) is 0.0242. The molecular weight excluding hydrogens is 406 g/mol. The third kappa shape index (κ3) is 5.38. The summed E-state index contributed by atoms with van der Waals surface area (Å²) in [5, 5.41) is 9.69. The first-order valence-corrected chi connectivity index (χ1v) is 10.1. The van der Waals surface area contributed by atoms with Crippen molar-refractivity contribution < 1.29 is 23.7 Å². The van der Waals surface area contributed by atoms with Gasteiger partial charge in [-0.2, -0.15) is 5.26 Å². The number of nitriles is 1. The van der Waals surface area contributed by atoms with Crippen molar-refractivity contribution in [3.63, 3.8) is 0 Å². The first-order chi connectivity index (χ1) is 15.6. The Hall–Kier alpha value is -3.98. The van der Waals surface area contributed by atoms with Gasteiger partial charge in [0.2, 0.25) is 0 Å². The maximum Gasteiger partial charge on any atom is 0.164 e. The van der Waals surface area contributed by atoms with Gasteiger partial charge in [-0.25, -0.2) is 0 Å². The van der Waals surface area contributed by atoms with Crippen molar-refractivity contribution in [3.8, 4) is 29.1 Å². The highest BCUT2D eigenvalue weighted by Gasteiger charge is 2.20. The minimum absolute atomic E-state index is 0.0242. The fourth-order valence-corrected chi connectivity index (χ4v) is 3.31. The Labute approximate surface area is 187 Å². The summed E-state index contributed by atoms with van der Waals surface area (Å²) in [7, 11) is 4.63. The summed E-state index contributed by atoms with van der Waals surface area (Å²) >= 11 is 0. The highest BCUT2D eigenvalue weighted by molar-refractivity contribution is 5.97. The molecule has 0 radical (unpaired) electrons. The van der Waals surface area contributed by atoms with Gasteiger partial charge in [0.05, 0.1) is 33.3 Å². The molecule has 0 spiro atoms. The van der Waals surface area contributed by atoms with E-state index in [0.717, 1.165) is 5.56 Å². The highest BCUT2D eigenvalue weighted by atomic mass is 16.5. The van der Waals surface area contributed by atoms with Gasteiger partial charge in [0.25, 0.3) is 0 Å². The Morgan fingerprint density at radius 3 is 2.16 bits per heavy atom. The standard InChI is InChI=1S/C26H25NO5/c1-29-23-11-9-19(14-25(23)31-3)21(16-27)13-22(28)20-10-12-24(30-2)26(15-20)32-17-18-7-5-4-6-8-18/h4-12,14-15,21H,13,17H2,1-3H3/t21-/m1/s1. The third-order valence-corrected chi connectivity index (χ3v) is 5.08. The largest absolute Gasteiger partial charge is 0.493 e. The average Bonchev–Trinajstić information content (AvgIpc) is 2.85. The molecule has 0 saturated carbocycles. The molecule has 0 unspecified atom stereocenters. The molecule has 0 amide bonds. The first kappa shape index (κ1) is 22.7. The molecule has 0 fully saturated rings. The molecule has 0 aliphatic rings. The first-order valence-electron chi connectivity index (χ1n) is 10.1. The number of ether oxygens (including phenoxy) is 4. The number of carbonyl (C=O) groups excluding carboxylic acids is 1. The summed E-state index contributed by atoms with van der Waals surface area (Å²) in [5.41, 5.74) is 2.14. The van der Waals surface area contributed by atoms with Gasteiger partial charge in [-0.15, -0.1) is 0 Å². The third-order valence-electron chi connectivity index (χ3n) is 5.08. The molecular formula is C26H25NO5. The van der Waals surface area contributed by atoms with Gasteiger partial charge in [-0.05, 0) is 41.5 Å². The van der Waals surface area contributed by atoms with Crippen LogP contribution in [0.4, 0.5) is 0 Å². The zero-order chi connectivity index (χ0) is 22.9. The van der Waals surface area contributed by atoms with Crippen molar-refractivity contribution in [2.45, 2.75) is 18.9 Å². The van der Waals surface area contributed by atoms with Crippen LogP contribution in [0.1, 0.15) is 33.8 Å². The number of Topliss-reactive ketones (excluding diaryl/α,β-unsaturated/α-hetero) is 1. The fraction of sp³-hybridized carbons (Fsp3) is 0.231.